The van der Waals surface area contributed by atoms with Gasteiger partial charge < -0.3 is 15.8 Å². The number of hydrogen-bond acceptors (Lipinski definition) is 5. The van der Waals surface area contributed by atoms with Gasteiger partial charge >= 0.3 is 0 Å². The molecule has 0 bridgehead atoms. The van der Waals surface area contributed by atoms with E-state index in [-0.39, 0.29) is 0 Å². The summed E-state index contributed by atoms with van der Waals surface area (Å²) in [5.41, 5.74) is 5.97. The molecule has 0 spiro atoms. The van der Waals surface area contributed by atoms with Gasteiger partial charge in [0.05, 0.1) is 24.7 Å². The molecule has 0 aromatic carbocycles. The molecule has 1 heterocycles. The van der Waals surface area contributed by atoms with E-state index in [9.17, 15) is 0 Å². The molecule has 0 aliphatic rings. The molecule has 0 saturated carbocycles. The fraction of sp³-hybridized carbons (Fsp3) is 0.429. The minimum atomic E-state index is 0.562. The van der Waals surface area contributed by atoms with E-state index < -0.39 is 0 Å². The predicted octanol–water partition coefficient (Wildman–Crippen LogP) is 0.117. The minimum Gasteiger partial charge on any atom is -0.396 e. The standard InChI is InChI=1S/C7H12N4O/c1-12-3-2-9-7-10-4-6(8)5-11-7/h4-5H,2-3,8H2,1H3,(H,9,10,11). The quantitative estimate of drug-likeness (QED) is 0.624. The average molecular weight is 168 g/mol. The topological polar surface area (TPSA) is 73.1 Å². The number of hydrogen-bond donors (Lipinski definition) is 2. The normalized spacial score (nSPS) is 9.75. The van der Waals surface area contributed by atoms with Gasteiger partial charge in [0.25, 0.3) is 0 Å². The Morgan fingerprint density at radius 2 is 2.17 bits per heavy atom. The van der Waals surface area contributed by atoms with E-state index in [0.717, 1.165) is 0 Å². The number of nitrogens with one attached hydrogen (secondary N) is 1. The summed E-state index contributed by atoms with van der Waals surface area (Å²) in [6.07, 6.45) is 3.12. The summed E-state index contributed by atoms with van der Waals surface area (Å²) in [5, 5.41) is 2.97. The number of methoxy groups -OCH3 is 1. The van der Waals surface area contributed by atoms with Gasteiger partial charge in [-0.1, -0.05) is 0 Å². The van der Waals surface area contributed by atoms with Crippen molar-refractivity contribution in [3.8, 4) is 0 Å². The first-order valence-corrected chi connectivity index (χ1v) is 3.63. The lowest BCUT2D eigenvalue weighted by Crippen LogP contribution is -2.10. The van der Waals surface area contributed by atoms with E-state index in [1.54, 1.807) is 19.5 Å². The molecule has 5 nitrogen and oxygen atoms in total. The van der Waals surface area contributed by atoms with Crippen LogP contribution in [-0.2, 0) is 4.74 Å². The summed E-state index contributed by atoms with van der Waals surface area (Å²) in [7, 11) is 1.64. The van der Waals surface area contributed by atoms with Gasteiger partial charge in [0.15, 0.2) is 0 Å². The largest absolute Gasteiger partial charge is 0.396 e. The van der Waals surface area contributed by atoms with Crippen molar-refractivity contribution < 1.29 is 4.74 Å². The van der Waals surface area contributed by atoms with Crippen LogP contribution in [0.1, 0.15) is 0 Å². The summed E-state index contributed by atoms with van der Waals surface area (Å²) in [6, 6.07) is 0. The zero-order valence-corrected chi connectivity index (χ0v) is 6.95. The van der Waals surface area contributed by atoms with Crippen LogP contribution in [0.25, 0.3) is 0 Å². The summed E-state index contributed by atoms with van der Waals surface area (Å²) >= 11 is 0. The maximum atomic E-state index is 5.40. The molecule has 5 heteroatoms. The Kier molecular flexibility index (Phi) is 3.28. The summed E-state index contributed by atoms with van der Waals surface area (Å²) in [4.78, 5) is 7.89. The predicted molar refractivity (Wildman–Crippen MR) is 46.8 cm³/mol. The van der Waals surface area contributed by atoms with E-state index in [1.807, 2.05) is 0 Å². The van der Waals surface area contributed by atoms with Gasteiger partial charge in [0, 0.05) is 13.7 Å². The minimum absolute atomic E-state index is 0.562. The number of nitrogens with two attached hydrogens (primary N) is 1. The van der Waals surface area contributed by atoms with Crippen molar-refractivity contribution in [2.75, 3.05) is 31.3 Å². The molecular weight excluding hydrogens is 156 g/mol. The fourth-order valence-corrected chi connectivity index (χ4v) is 0.694. The second-order valence-corrected chi connectivity index (χ2v) is 2.26. The third-order valence-corrected chi connectivity index (χ3v) is 1.26. The molecule has 0 unspecified atom stereocenters. The summed E-state index contributed by atoms with van der Waals surface area (Å²) in [6.45, 7) is 1.33. The Hall–Kier alpha value is -1.36. The van der Waals surface area contributed by atoms with E-state index in [0.29, 0.717) is 24.8 Å². The number of nitrogen functional groups attached to an aromatic ring is 1. The van der Waals surface area contributed by atoms with Crippen molar-refractivity contribution in [3.05, 3.63) is 12.4 Å². The Morgan fingerprint density at radius 3 is 2.75 bits per heavy atom. The second kappa shape index (κ2) is 4.50. The average Bonchev–Trinajstić information content (AvgIpc) is 2.09. The fourth-order valence-electron chi connectivity index (χ4n) is 0.694. The molecule has 0 fully saturated rings. The summed E-state index contributed by atoms with van der Waals surface area (Å²) in [5.74, 6) is 0.571. The zero-order chi connectivity index (χ0) is 8.81. The lowest BCUT2D eigenvalue weighted by Gasteiger charge is -2.02. The van der Waals surface area contributed by atoms with Crippen molar-refractivity contribution >= 4 is 11.6 Å². The van der Waals surface area contributed by atoms with Crippen molar-refractivity contribution in [1.29, 1.82) is 0 Å². The van der Waals surface area contributed by atoms with Crippen molar-refractivity contribution in [1.82, 2.24) is 9.97 Å². The van der Waals surface area contributed by atoms with E-state index in [1.165, 1.54) is 0 Å². The van der Waals surface area contributed by atoms with Crippen molar-refractivity contribution in [2.45, 2.75) is 0 Å². The molecular formula is C7H12N4O. The summed E-state index contributed by atoms with van der Waals surface area (Å²) < 4.78 is 4.84. The molecule has 3 N–H and O–H groups in total. The van der Waals surface area contributed by atoms with E-state index in [2.05, 4.69) is 15.3 Å². The van der Waals surface area contributed by atoms with E-state index in [4.69, 9.17) is 10.5 Å². The first-order valence-electron chi connectivity index (χ1n) is 3.63. The molecule has 12 heavy (non-hydrogen) atoms. The van der Waals surface area contributed by atoms with Crippen LogP contribution >= 0.6 is 0 Å². The van der Waals surface area contributed by atoms with Crippen LogP contribution in [0.4, 0.5) is 11.6 Å². The van der Waals surface area contributed by atoms with Crippen molar-refractivity contribution in [3.63, 3.8) is 0 Å². The molecule has 1 rings (SSSR count). The molecule has 0 aliphatic carbocycles. The molecule has 0 saturated heterocycles. The third-order valence-electron chi connectivity index (χ3n) is 1.26. The SMILES string of the molecule is COCCNc1ncc(N)cn1. The lowest BCUT2D eigenvalue weighted by atomic mass is 10.6. The third kappa shape index (κ3) is 2.71. The number of anilines is 2. The Morgan fingerprint density at radius 1 is 1.50 bits per heavy atom. The van der Waals surface area contributed by atoms with Gasteiger partial charge in [-0.05, 0) is 0 Å². The monoisotopic (exact) mass is 168 g/mol. The van der Waals surface area contributed by atoms with Crippen LogP contribution in [0, 0.1) is 0 Å². The van der Waals surface area contributed by atoms with Crippen LogP contribution in [-0.4, -0.2) is 30.2 Å². The van der Waals surface area contributed by atoms with E-state index >= 15 is 0 Å². The van der Waals surface area contributed by atoms with Gasteiger partial charge in [-0.2, -0.15) is 0 Å². The highest BCUT2D eigenvalue weighted by atomic mass is 16.5. The molecule has 0 amide bonds. The lowest BCUT2D eigenvalue weighted by molar-refractivity contribution is 0.210. The zero-order valence-electron chi connectivity index (χ0n) is 6.95. The highest BCUT2D eigenvalue weighted by Gasteiger charge is 1.92. The molecule has 66 valence electrons. The maximum Gasteiger partial charge on any atom is 0.222 e. The number of ether oxygens (including phenoxy) is 1. The van der Waals surface area contributed by atoms with Gasteiger partial charge in [-0.3, -0.25) is 0 Å². The first-order chi connectivity index (χ1) is 5.83. The highest BCUT2D eigenvalue weighted by Crippen LogP contribution is 1.99. The van der Waals surface area contributed by atoms with Crippen LogP contribution in [0.2, 0.25) is 0 Å². The molecule has 1 aromatic rings. The number of rotatable bonds is 4. The van der Waals surface area contributed by atoms with Crippen LogP contribution in [0.15, 0.2) is 12.4 Å². The molecule has 0 radical (unpaired) electrons. The van der Waals surface area contributed by atoms with Gasteiger partial charge in [-0.25, -0.2) is 9.97 Å². The second-order valence-electron chi connectivity index (χ2n) is 2.26. The molecule has 0 atom stereocenters. The van der Waals surface area contributed by atoms with Crippen LogP contribution < -0.4 is 11.1 Å². The van der Waals surface area contributed by atoms with Crippen molar-refractivity contribution in [2.24, 2.45) is 0 Å². The van der Waals surface area contributed by atoms with Crippen LogP contribution in [0.5, 0.6) is 0 Å². The number of nitrogens with zero attached hydrogens (tertiary/aromatic N) is 2. The van der Waals surface area contributed by atoms with Gasteiger partial charge in [0.1, 0.15) is 0 Å². The number of aromatic nitrogens is 2. The first kappa shape index (κ1) is 8.73. The van der Waals surface area contributed by atoms with Gasteiger partial charge in [-0.15, -0.1) is 0 Å². The molecule has 1 aromatic heterocycles. The maximum absolute atomic E-state index is 5.40. The van der Waals surface area contributed by atoms with Crippen LogP contribution in [0.3, 0.4) is 0 Å². The Labute approximate surface area is 71.0 Å². The molecule has 0 aliphatic heterocycles. The Bertz CT molecular complexity index is 223. The smallest absolute Gasteiger partial charge is 0.222 e. The van der Waals surface area contributed by atoms with Gasteiger partial charge in [0.2, 0.25) is 5.95 Å². The highest BCUT2D eigenvalue weighted by molar-refractivity contribution is 5.35. The Balaban J connectivity index is 2.37.